The second kappa shape index (κ2) is 5.79. The smallest absolute Gasteiger partial charge is 0.152 e. The van der Waals surface area contributed by atoms with E-state index in [4.69, 9.17) is 0 Å². The minimum atomic E-state index is 0.581. The lowest BCUT2D eigenvalue weighted by Crippen LogP contribution is -2.39. The number of likely N-dealkylation sites (tertiary alicyclic amines) is 1. The number of nitrogens with zero attached hydrogens (tertiary/aromatic N) is 5. The lowest BCUT2D eigenvalue weighted by molar-refractivity contribution is 0.167. The van der Waals surface area contributed by atoms with Gasteiger partial charge in [-0.05, 0) is 46.7 Å². The van der Waals surface area contributed by atoms with E-state index in [1.165, 1.54) is 31.8 Å². The Hall–Kier alpha value is -1.36. The van der Waals surface area contributed by atoms with Crippen molar-refractivity contribution in [2.75, 3.05) is 19.6 Å². The highest BCUT2D eigenvalue weighted by Gasteiger charge is 2.28. The quantitative estimate of drug-likeness (QED) is 0.855. The van der Waals surface area contributed by atoms with Gasteiger partial charge in [-0.1, -0.05) is 6.58 Å². The molecule has 0 bridgehead atoms. The molecule has 1 fully saturated rings. The first-order chi connectivity index (χ1) is 10.1. The highest BCUT2D eigenvalue weighted by Crippen LogP contribution is 2.29. The fourth-order valence-corrected chi connectivity index (χ4v) is 3.48. The van der Waals surface area contributed by atoms with Gasteiger partial charge in [0.15, 0.2) is 5.82 Å². The average molecular weight is 289 g/mol. The Morgan fingerprint density at radius 3 is 2.48 bits per heavy atom. The molecule has 0 radical (unpaired) electrons. The Labute approximate surface area is 127 Å². The van der Waals surface area contributed by atoms with E-state index >= 15 is 0 Å². The van der Waals surface area contributed by atoms with Crippen molar-refractivity contribution in [3.05, 3.63) is 23.9 Å². The lowest BCUT2D eigenvalue weighted by atomic mass is 9.95. The van der Waals surface area contributed by atoms with Crippen LogP contribution in [0.5, 0.6) is 0 Å². The normalized spacial score (nSPS) is 20.9. The maximum Gasteiger partial charge on any atom is 0.152 e. The predicted octanol–water partition coefficient (Wildman–Crippen LogP) is 2.22. The summed E-state index contributed by atoms with van der Waals surface area (Å²) in [5.41, 5.74) is 1.12. The molecule has 2 aliphatic heterocycles. The summed E-state index contributed by atoms with van der Waals surface area (Å²) in [5, 5.41) is 8.96. The molecule has 5 heteroatoms. The molecule has 0 aromatic carbocycles. The number of allylic oxidation sites excluding steroid dienone is 1. The molecule has 0 spiro atoms. The van der Waals surface area contributed by atoms with Gasteiger partial charge in [0.05, 0.1) is 6.54 Å². The standard InChI is InChI=1S/C16H27N5/c1-12(2)19-7-5-14(6-8-19)16-18-17-15-11-20(13(3)4)9-10-21(15)16/h12,14H,3,5-11H2,1-2,4H3. The summed E-state index contributed by atoms with van der Waals surface area (Å²) in [5.74, 6) is 2.90. The molecule has 0 amide bonds. The van der Waals surface area contributed by atoms with Crippen LogP contribution in [0.1, 0.15) is 51.2 Å². The molecule has 3 rings (SSSR count). The summed E-state index contributed by atoms with van der Waals surface area (Å²) >= 11 is 0. The summed E-state index contributed by atoms with van der Waals surface area (Å²) < 4.78 is 2.36. The van der Waals surface area contributed by atoms with Crippen LogP contribution in [0.25, 0.3) is 0 Å². The highest BCUT2D eigenvalue weighted by molar-refractivity contribution is 5.08. The maximum atomic E-state index is 4.52. The number of aromatic nitrogens is 3. The van der Waals surface area contributed by atoms with E-state index < -0.39 is 0 Å². The maximum absolute atomic E-state index is 4.52. The largest absolute Gasteiger partial charge is 0.366 e. The second-order valence-corrected chi connectivity index (χ2v) is 6.69. The minimum absolute atomic E-state index is 0.581. The molecule has 1 saturated heterocycles. The molecule has 0 unspecified atom stereocenters. The van der Waals surface area contributed by atoms with Gasteiger partial charge in [0.25, 0.3) is 0 Å². The summed E-state index contributed by atoms with van der Waals surface area (Å²) in [4.78, 5) is 4.85. The summed E-state index contributed by atoms with van der Waals surface area (Å²) in [7, 11) is 0. The molecule has 5 nitrogen and oxygen atoms in total. The van der Waals surface area contributed by atoms with Gasteiger partial charge in [0, 0.05) is 30.7 Å². The minimum Gasteiger partial charge on any atom is -0.366 e. The first-order valence-corrected chi connectivity index (χ1v) is 8.12. The highest BCUT2D eigenvalue weighted by atomic mass is 15.3. The van der Waals surface area contributed by atoms with E-state index in [-0.39, 0.29) is 0 Å². The molecule has 21 heavy (non-hydrogen) atoms. The summed E-state index contributed by atoms with van der Waals surface area (Å²) in [6.07, 6.45) is 2.42. The van der Waals surface area contributed by atoms with E-state index in [1.54, 1.807) is 0 Å². The SMILES string of the molecule is C=C(C)N1CCn2c(nnc2C2CCN(C(C)C)CC2)C1. The van der Waals surface area contributed by atoms with Crippen LogP contribution in [0.4, 0.5) is 0 Å². The van der Waals surface area contributed by atoms with E-state index in [0.717, 1.165) is 31.2 Å². The number of fused-ring (bicyclic) bond motifs is 1. The van der Waals surface area contributed by atoms with Crippen LogP contribution < -0.4 is 0 Å². The molecule has 0 N–H and O–H groups in total. The molecule has 1 aromatic heterocycles. The number of hydrogen-bond donors (Lipinski definition) is 0. The molecule has 116 valence electrons. The van der Waals surface area contributed by atoms with Gasteiger partial charge in [-0.15, -0.1) is 10.2 Å². The van der Waals surface area contributed by atoms with Gasteiger partial charge >= 0.3 is 0 Å². The van der Waals surface area contributed by atoms with Gasteiger partial charge in [-0.2, -0.15) is 0 Å². The third kappa shape index (κ3) is 2.84. The molecule has 2 aliphatic rings. The molecule has 0 aliphatic carbocycles. The first kappa shape index (κ1) is 14.6. The summed E-state index contributed by atoms with van der Waals surface area (Å²) in [6.45, 7) is 15.9. The third-order valence-electron chi connectivity index (χ3n) is 4.95. The van der Waals surface area contributed by atoms with Crippen LogP contribution in [0, 0.1) is 0 Å². The van der Waals surface area contributed by atoms with Gasteiger partial charge < -0.3 is 14.4 Å². The number of piperidine rings is 1. The zero-order chi connectivity index (χ0) is 15.0. The van der Waals surface area contributed by atoms with Gasteiger partial charge in [-0.3, -0.25) is 0 Å². The number of hydrogen-bond acceptors (Lipinski definition) is 4. The third-order valence-corrected chi connectivity index (χ3v) is 4.95. The van der Waals surface area contributed by atoms with E-state index in [2.05, 4.69) is 51.9 Å². The Morgan fingerprint density at radius 1 is 1.14 bits per heavy atom. The van der Waals surface area contributed by atoms with Crippen molar-refractivity contribution < 1.29 is 0 Å². The second-order valence-electron chi connectivity index (χ2n) is 6.69. The average Bonchev–Trinajstić information content (AvgIpc) is 2.90. The van der Waals surface area contributed by atoms with Crippen molar-refractivity contribution in [1.29, 1.82) is 0 Å². The first-order valence-electron chi connectivity index (χ1n) is 8.12. The molecule has 1 aromatic rings. The van der Waals surface area contributed by atoms with Crippen molar-refractivity contribution in [1.82, 2.24) is 24.6 Å². The zero-order valence-corrected chi connectivity index (χ0v) is 13.5. The fraction of sp³-hybridized carbons (Fsp3) is 0.750. The van der Waals surface area contributed by atoms with Crippen LogP contribution in [-0.2, 0) is 13.1 Å². The lowest BCUT2D eigenvalue weighted by Gasteiger charge is -2.35. The summed E-state index contributed by atoms with van der Waals surface area (Å²) in [6, 6.07) is 0.655. The Kier molecular flexibility index (Phi) is 4.02. The molecular formula is C16H27N5. The van der Waals surface area contributed by atoms with E-state index in [1.807, 2.05) is 0 Å². The van der Waals surface area contributed by atoms with Crippen LogP contribution in [0.15, 0.2) is 12.3 Å². The Morgan fingerprint density at radius 2 is 1.86 bits per heavy atom. The van der Waals surface area contributed by atoms with Gasteiger partial charge in [0.1, 0.15) is 5.82 Å². The van der Waals surface area contributed by atoms with Crippen molar-refractivity contribution in [2.45, 2.75) is 58.7 Å². The Bertz CT molecular complexity index is 511. The predicted molar refractivity (Wildman–Crippen MR) is 83.9 cm³/mol. The molecule has 3 heterocycles. The van der Waals surface area contributed by atoms with Crippen molar-refractivity contribution in [2.24, 2.45) is 0 Å². The molecular weight excluding hydrogens is 262 g/mol. The molecule has 0 saturated carbocycles. The van der Waals surface area contributed by atoms with Crippen molar-refractivity contribution in [3.8, 4) is 0 Å². The Balaban J connectivity index is 1.70. The number of rotatable bonds is 3. The van der Waals surface area contributed by atoms with Crippen LogP contribution >= 0.6 is 0 Å². The van der Waals surface area contributed by atoms with E-state index in [9.17, 15) is 0 Å². The van der Waals surface area contributed by atoms with Crippen molar-refractivity contribution in [3.63, 3.8) is 0 Å². The zero-order valence-electron chi connectivity index (χ0n) is 13.5. The van der Waals surface area contributed by atoms with Crippen LogP contribution in [0.3, 0.4) is 0 Å². The van der Waals surface area contributed by atoms with Crippen LogP contribution in [-0.4, -0.2) is 50.2 Å². The van der Waals surface area contributed by atoms with Crippen LogP contribution in [0.2, 0.25) is 0 Å². The molecule has 0 atom stereocenters. The van der Waals surface area contributed by atoms with Gasteiger partial charge in [0.2, 0.25) is 0 Å². The monoisotopic (exact) mass is 289 g/mol. The topological polar surface area (TPSA) is 37.2 Å². The van der Waals surface area contributed by atoms with E-state index in [0.29, 0.717) is 12.0 Å². The van der Waals surface area contributed by atoms with Crippen molar-refractivity contribution >= 4 is 0 Å². The fourth-order valence-electron chi connectivity index (χ4n) is 3.48. The van der Waals surface area contributed by atoms with Gasteiger partial charge in [-0.25, -0.2) is 0 Å².